The minimum absolute atomic E-state index is 0.233. The molecule has 2 aromatic carbocycles. The van der Waals surface area contributed by atoms with Crippen LogP contribution in [0.1, 0.15) is 20.7 Å². The zero-order valence-electron chi connectivity index (χ0n) is 10.7. The summed E-state index contributed by atoms with van der Waals surface area (Å²) in [6.07, 6.45) is 0. The first kappa shape index (κ1) is 14.3. The molecule has 0 saturated heterocycles. The summed E-state index contributed by atoms with van der Waals surface area (Å²) < 4.78 is 5.54. The SMILES string of the molecule is COC(=O)c1ccc(C(=O)Nc2ccc(Br)cc2)cc1. The van der Waals surface area contributed by atoms with E-state index in [0.29, 0.717) is 16.8 Å². The number of rotatable bonds is 3. The molecule has 1 N–H and O–H groups in total. The van der Waals surface area contributed by atoms with Gasteiger partial charge in [-0.2, -0.15) is 0 Å². The molecule has 4 nitrogen and oxygen atoms in total. The highest BCUT2D eigenvalue weighted by atomic mass is 79.9. The first-order valence-corrected chi connectivity index (χ1v) is 6.65. The molecule has 0 aliphatic heterocycles. The van der Waals surface area contributed by atoms with Crippen molar-refractivity contribution >= 4 is 33.5 Å². The van der Waals surface area contributed by atoms with Gasteiger partial charge in [0.05, 0.1) is 12.7 Å². The molecule has 0 bridgehead atoms. The van der Waals surface area contributed by atoms with Crippen LogP contribution in [0.25, 0.3) is 0 Å². The molecular formula is C15H12BrNO3. The molecule has 1 amide bonds. The minimum Gasteiger partial charge on any atom is -0.465 e. The van der Waals surface area contributed by atoms with Crippen molar-refractivity contribution in [3.63, 3.8) is 0 Å². The number of amides is 1. The second-order valence-electron chi connectivity index (χ2n) is 4.03. The van der Waals surface area contributed by atoms with Gasteiger partial charge in [0.25, 0.3) is 5.91 Å². The van der Waals surface area contributed by atoms with Crippen molar-refractivity contribution in [2.24, 2.45) is 0 Å². The van der Waals surface area contributed by atoms with Gasteiger partial charge in [-0.25, -0.2) is 4.79 Å². The van der Waals surface area contributed by atoms with E-state index in [2.05, 4.69) is 26.0 Å². The molecule has 0 aliphatic carbocycles. The normalized spacial score (nSPS) is 9.90. The number of carbonyl (C=O) groups is 2. The summed E-state index contributed by atoms with van der Waals surface area (Å²) in [6.45, 7) is 0. The zero-order valence-corrected chi connectivity index (χ0v) is 12.3. The standard InChI is InChI=1S/C15H12BrNO3/c1-20-15(19)11-4-2-10(3-5-11)14(18)17-13-8-6-12(16)7-9-13/h2-9H,1H3,(H,17,18). The maximum Gasteiger partial charge on any atom is 0.337 e. The van der Waals surface area contributed by atoms with Gasteiger partial charge in [0.1, 0.15) is 0 Å². The van der Waals surface area contributed by atoms with Crippen LogP contribution in [0.2, 0.25) is 0 Å². The van der Waals surface area contributed by atoms with Crippen LogP contribution in [0.5, 0.6) is 0 Å². The molecule has 0 unspecified atom stereocenters. The topological polar surface area (TPSA) is 55.4 Å². The molecule has 102 valence electrons. The lowest BCUT2D eigenvalue weighted by Crippen LogP contribution is -2.12. The highest BCUT2D eigenvalue weighted by Gasteiger charge is 2.09. The lowest BCUT2D eigenvalue weighted by atomic mass is 10.1. The predicted octanol–water partition coefficient (Wildman–Crippen LogP) is 3.49. The largest absolute Gasteiger partial charge is 0.465 e. The predicted molar refractivity (Wildman–Crippen MR) is 79.9 cm³/mol. The number of hydrogen-bond donors (Lipinski definition) is 1. The molecule has 0 saturated carbocycles. The van der Waals surface area contributed by atoms with Crippen LogP contribution in [-0.4, -0.2) is 19.0 Å². The maximum atomic E-state index is 12.0. The van der Waals surface area contributed by atoms with Crippen molar-refractivity contribution in [3.05, 3.63) is 64.1 Å². The molecule has 0 aromatic heterocycles. The first-order chi connectivity index (χ1) is 9.60. The smallest absolute Gasteiger partial charge is 0.337 e. The van der Waals surface area contributed by atoms with Gasteiger partial charge in [0.2, 0.25) is 0 Å². The second-order valence-corrected chi connectivity index (χ2v) is 4.95. The van der Waals surface area contributed by atoms with E-state index in [9.17, 15) is 9.59 Å². The quantitative estimate of drug-likeness (QED) is 0.875. The van der Waals surface area contributed by atoms with Crippen molar-refractivity contribution in [3.8, 4) is 0 Å². The van der Waals surface area contributed by atoms with Crippen LogP contribution in [0.15, 0.2) is 53.0 Å². The van der Waals surface area contributed by atoms with E-state index in [4.69, 9.17) is 0 Å². The summed E-state index contributed by atoms with van der Waals surface area (Å²) >= 11 is 3.33. The monoisotopic (exact) mass is 333 g/mol. The lowest BCUT2D eigenvalue weighted by molar-refractivity contribution is 0.0600. The summed E-state index contributed by atoms with van der Waals surface area (Å²) in [5, 5.41) is 2.77. The summed E-state index contributed by atoms with van der Waals surface area (Å²) in [4.78, 5) is 23.3. The zero-order chi connectivity index (χ0) is 14.5. The highest BCUT2D eigenvalue weighted by molar-refractivity contribution is 9.10. The summed E-state index contributed by atoms with van der Waals surface area (Å²) in [5.74, 6) is -0.659. The van der Waals surface area contributed by atoms with E-state index in [0.717, 1.165) is 4.47 Å². The molecule has 0 heterocycles. The van der Waals surface area contributed by atoms with Crippen LogP contribution in [0, 0.1) is 0 Å². The van der Waals surface area contributed by atoms with Crippen LogP contribution in [0.3, 0.4) is 0 Å². The number of hydrogen-bond acceptors (Lipinski definition) is 3. The Kier molecular flexibility index (Phi) is 4.53. The first-order valence-electron chi connectivity index (χ1n) is 5.85. The number of esters is 1. The number of halogens is 1. The Morgan fingerprint density at radius 1 is 0.950 bits per heavy atom. The van der Waals surface area contributed by atoms with Crippen LogP contribution < -0.4 is 5.32 Å². The lowest BCUT2D eigenvalue weighted by Gasteiger charge is -2.06. The highest BCUT2D eigenvalue weighted by Crippen LogP contribution is 2.15. The Balaban J connectivity index is 2.09. The summed E-state index contributed by atoms with van der Waals surface area (Å²) in [7, 11) is 1.32. The molecule has 0 radical (unpaired) electrons. The van der Waals surface area contributed by atoms with Gasteiger partial charge in [-0.15, -0.1) is 0 Å². The third kappa shape index (κ3) is 3.45. The number of carbonyl (C=O) groups excluding carboxylic acids is 2. The number of methoxy groups -OCH3 is 1. The van der Waals surface area contributed by atoms with Crippen molar-refractivity contribution in [2.75, 3.05) is 12.4 Å². The van der Waals surface area contributed by atoms with E-state index >= 15 is 0 Å². The van der Waals surface area contributed by atoms with Gasteiger partial charge in [0.15, 0.2) is 0 Å². The molecular weight excluding hydrogens is 322 g/mol. The number of benzene rings is 2. The number of anilines is 1. The van der Waals surface area contributed by atoms with Gasteiger partial charge in [-0.1, -0.05) is 15.9 Å². The summed E-state index contributed by atoms with van der Waals surface area (Å²) in [5.41, 5.74) is 1.59. The molecule has 2 aromatic rings. The fraction of sp³-hybridized carbons (Fsp3) is 0.0667. The fourth-order valence-corrected chi connectivity index (χ4v) is 1.88. The number of ether oxygens (including phenoxy) is 1. The fourth-order valence-electron chi connectivity index (χ4n) is 1.61. The Labute approximate surface area is 124 Å². The van der Waals surface area contributed by atoms with Crippen molar-refractivity contribution in [2.45, 2.75) is 0 Å². The van der Waals surface area contributed by atoms with Gasteiger partial charge in [-0.05, 0) is 48.5 Å². The average molecular weight is 334 g/mol. The van der Waals surface area contributed by atoms with Crippen LogP contribution in [0.4, 0.5) is 5.69 Å². The van der Waals surface area contributed by atoms with Crippen molar-refractivity contribution in [1.29, 1.82) is 0 Å². The summed E-state index contributed by atoms with van der Waals surface area (Å²) in [6, 6.07) is 13.6. The van der Waals surface area contributed by atoms with Crippen LogP contribution in [-0.2, 0) is 4.74 Å². The van der Waals surface area contributed by atoms with Gasteiger partial charge in [-0.3, -0.25) is 4.79 Å². The maximum absolute atomic E-state index is 12.0. The number of nitrogens with one attached hydrogen (secondary N) is 1. The minimum atomic E-state index is -0.426. The van der Waals surface area contributed by atoms with E-state index < -0.39 is 5.97 Å². The van der Waals surface area contributed by atoms with E-state index in [1.54, 1.807) is 36.4 Å². The Morgan fingerprint density at radius 2 is 1.50 bits per heavy atom. The molecule has 20 heavy (non-hydrogen) atoms. The second kappa shape index (κ2) is 6.34. The van der Waals surface area contributed by atoms with E-state index in [1.807, 2.05) is 12.1 Å². The van der Waals surface area contributed by atoms with Gasteiger partial charge in [0, 0.05) is 15.7 Å². The molecule has 0 atom stereocenters. The van der Waals surface area contributed by atoms with Crippen molar-refractivity contribution in [1.82, 2.24) is 0 Å². The average Bonchev–Trinajstić information content (AvgIpc) is 2.49. The van der Waals surface area contributed by atoms with Crippen LogP contribution >= 0.6 is 15.9 Å². The molecule has 0 spiro atoms. The van der Waals surface area contributed by atoms with E-state index in [-0.39, 0.29) is 5.91 Å². The van der Waals surface area contributed by atoms with Crippen molar-refractivity contribution < 1.29 is 14.3 Å². The Bertz CT molecular complexity index is 621. The van der Waals surface area contributed by atoms with Gasteiger partial charge < -0.3 is 10.1 Å². The third-order valence-electron chi connectivity index (χ3n) is 2.67. The molecule has 5 heteroatoms. The molecule has 0 fully saturated rings. The van der Waals surface area contributed by atoms with E-state index in [1.165, 1.54) is 7.11 Å². The third-order valence-corrected chi connectivity index (χ3v) is 3.20. The Morgan fingerprint density at radius 3 is 2.05 bits per heavy atom. The Hall–Kier alpha value is -2.14. The molecule has 0 aliphatic rings. The molecule has 2 rings (SSSR count). The van der Waals surface area contributed by atoms with Gasteiger partial charge >= 0.3 is 5.97 Å².